The SMILES string of the molecule is CC(C)n1c(=O)c(-c2cccc(F)c2Cl)cn(CC(=O)N2CCC(N3CCc4cc(S(C)=O)ccc4NC3=O)CC2)c1=O. The van der Waals surface area contributed by atoms with E-state index < -0.39 is 33.9 Å². The van der Waals surface area contributed by atoms with Gasteiger partial charge in [-0.25, -0.2) is 14.0 Å². The van der Waals surface area contributed by atoms with Crippen molar-refractivity contribution in [2.75, 3.05) is 31.2 Å². The molecule has 0 spiro atoms. The monoisotopic (exact) mass is 629 g/mol. The van der Waals surface area contributed by atoms with E-state index in [9.17, 15) is 27.8 Å². The van der Waals surface area contributed by atoms with Crippen LogP contribution >= 0.6 is 11.6 Å². The molecule has 2 aliphatic heterocycles. The number of piperidine rings is 1. The summed E-state index contributed by atoms with van der Waals surface area (Å²) in [5.41, 5.74) is 0.545. The number of benzene rings is 2. The van der Waals surface area contributed by atoms with Gasteiger partial charge in [0.25, 0.3) is 5.56 Å². The summed E-state index contributed by atoms with van der Waals surface area (Å²) in [7, 11) is -1.12. The molecule has 2 aliphatic rings. The fourth-order valence-electron chi connectivity index (χ4n) is 5.71. The number of carbonyl (C=O) groups is 2. The van der Waals surface area contributed by atoms with Crippen LogP contribution in [-0.4, -0.2) is 67.0 Å². The third-order valence-electron chi connectivity index (χ3n) is 8.04. The van der Waals surface area contributed by atoms with Gasteiger partial charge in [-0.15, -0.1) is 0 Å². The van der Waals surface area contributed by atoms with Gasteiger partial charge in [0.2, 0.25) is 5.91 Å². The molecule has 3 heterocycles. The number of nitrogens with one attached hydrogen (secondary N) is 1. The molecule has 1 fully saturated rings. The average molecular weight is 630 g/mol. The molecule has 43 heavy (non-hydrogen) atoms. The Balaban J connectivity index is 1.30. The van der Waals surface area contributed by atoms with Gasteiger partial charge in [-0.1, -0.05) is 23.7 Å². The number of amides is 3. The summed E-state index contributed by atoms with van der Waals surface area (Å²) in [6.07, 6.45) is 4.63. The molecule has 1 N–H and O–H groups in total. The Morgan fingerprint density at radius 1 is 1.09 bits per heavy atom. The number of hydrogen-bond donors (Lipinski definition) is 1. The smallest absolute Gasteiger partial charge is 0.331 e. The normalized spacial score (nSPS) is 16.6. The Bertz CT molecular complexity index is 1730. The van der Waals surface area contributed by atoms with Crippen molar-refractivity contribution in [3.05, 3.63) is 79.8 Å². The Morgan fingerprint density at radius 2 is 1.81 bits per heavy atom. The molecule has 13 heteroatoms. The van der Waals surface area contributed by atoms with Crippen LogP contribution in [0.3, 0.4) is 0 Å². The zero-order valence-corrected chi connectivity index (χ0v) is 25.7. The quantitative estimate of drug-likeness (QED) is 0.445. The number of rotatable bonds is 6. The lowest BCUT2D eigenvalue weighted by atomic mass is 10.0. The summed E-state index contributed by atoms with van der Waals surface area (Å²) < 4.78 is 28.3. The van der Waals surface area contributed by atoms with Crippen LogP contribution in [0.2, 0.25) is 5.02 Å². The van der Waals surface area contributed by atoms with Crippen molar-refractivity contribution in [1.82, 2.24) is 18.9 Å². The predicted molar refractivity (Wildman–Crippen MR) is 164 cm³/mol. The number of aromatic nitrogens is 2. The zero-order chi connectivity index (χ0) is 31.0. The van der Waals surface area contributed by atoms with Gasteiger partial charge in [-0.2, -0.15) is 0 Å². The van der Waals surface area contributed by atoms with Gasteiger partial charge in [0, 0.05) is 71.1 Å². The van der Waals surface area contributed by atoms with Gasteiger partial charge in [0.1, 0.15) is 12.4 Å². The van der Waals surface area contributed by atoms with E-state index in [0.29, 0.717) is 49.5 Å². The lowest BCUT2D eigenvalue weighted by Crippen LogP contribution is -2.51. The van der Waals surface area contributed by atoms with Crippen LogP contribution < -0.4 is 16.6 Å². The molecule has 0 saturated carbocycles. The van der Waals surface area contributed by atoms with Crippen LogP contribution in [0.4, 0.5) is 14.9 Å². The number of likely N-dealkylation sites (tertiary alicyclic amines) is 1. The fraction of sp³-hybridized carbons (Fsp3) is 0.400. The number of fused-ring (bicyclic) bond motifs is 1. The first-order chi connectivity index (χ1) is 20.5. The topological polar surface area (TPSA) is 114 Å². The minimum atomic E-state index is -1.12. The maximum absolute atomic E-state index is 14.2. The van der Waals surface area contributed by atoms with Crippen molar-refractivity contribution in [2.45, 2.75) is 56.6 Å². The molecule has 0 bridgehead atoms. The van der Waals surface area contributed by atoms with Crippen LogP contribution in [0, 0.1) is 5.82 Å². The van der Waals surface area contributed by atoms with Crippen molar-refractivity contribution < 1.29 is 18.2 Å². The zero-order valence-electron chi connectivity index (χ0n) is 24.1. The minimum Gasteiger partial charge on any atom is -0.341 e. The van der Waals surface area contributed by atoms with E-state index in [2.05, 4.69) is 5.32 Å². The molecule has 228 valence electrons. The van der Waals surface area contributed by atoms with Gasteiger partial charge >= 0.3 is 11.7 Å². The molecule has 3 amide bonds. The van der Waals surface area contributed by atoms with Crippen LogP contribution in [0.15, 0.2) is 57.1 Å². The third kappa shape index (κ3) is 6.16. The van der Waals surface area contributed by atoms with E-state index in [4.69, 9.17) is 11.6 Å². The van der Waals surface area contributed by atoms with Crippen molar-refractivity contribution >= 4 is 40.0 Å². The molecule has 10 nitrogen and oxygen atoms in total. The van der Waals surface area contributed by atoms with Crippen LogP contribution in [0.1, 0.15) is 38.3 Å². The third-order valence-corrected chi connectivity index (χ3v) is 9.34. The summed E-state index contributed by atoms with van der Waals surface area (Å²) >= 11 is 6.16. The van der Waals surface area contributed by atoms with Gasteiger partial charge in [-0.05, 0) is 62.9 Å². The fourth-order valence-corrected chi connectivity index (χ4v) is 6.51. The summed E-state index contributed by atoms with van der Waals surface area (Å²) in [5, 5.41) is 2.72. The van der Waals surface area contributed by atoms with E-state index in [1.165, 1.54) is 29.0 Å². The first-order valence-electron chi connectivity index (χ1n) is 14.1. The number of carbonyl (C=O) groups excluding carboxylic acids is 2. The Kier molecular flexibility index (Phi) is 8.89. The molecule has 1 unspecified atom stereocenters. The maximum Gasteiger partial charge on any atom is 0.331 e. The molecule has 1 atom stereocenters. The molecule has 1 aromatic heterocycles. The molecule has 3 aromatic rings. The van der Waals surface area contributed by atoms with E-state index in [0.717, 1.165) is 10.1 Å². The summed E-state index contributed by atoms with van der Waals surface area (Å²) in [6.45, 7) is 4.32. The van der Waals surface area contributed by atoms with Gasteiger partial charge in [-0.3, -0.25) is 22.9 Å². The predicted octanol–water partition coefficient (Wildman–Crippen LogP) is 3.87. The molecule has 2 aromatic carbocycles. The Morgan fingerprint density at radius 3 is 2.49 bits per heavy atom. The number of urea groups is 1. The van der Waals surface area contributed by atoms with Crippen LogP contribution in [0.25, 0.3) is 11.1 Å². The Hall–Kier alpha value is -3.77. The van der Waals surface area contributed by atoms with Gasteiger partial charge in [0.15, 0.2) is 0 Å². The van der Waals surface area contributed by atoms with Crippen molar-refractivity contribution in [1.29, 1.82) is 0 Å². The molecule has 1 saturated heterocycles. The minimum absolute atomic E-state index is 0.0229. The largest absolute Gasteiger partial charge is 0.341 e. The van der Waals surface area contributed by atoms with Crippen LogP contribution in [0.5, 0.6) is 0 Å². The van der Waals surface area contributed by atoms with Gasteiger partial charge in [0.05, 0.1) is 10.6 Å². The molecule has 5 rings (SSSR count). The lowest BCUT2D eigenvalue weighted by Gasteiger charge is -2.38. The second-order valence-corrected chi connectivity index (χ2v) is 12.8. The van der Waals surface area contributed by atoms with Gasteiger partial charge < -0.3 is 15.1 Å². The molecular formula is C30H33ClFN5O5S. The van der Waals surface area contributed by atoms with E-state index >= 15 is 0 Å². The van der Waals surface area contributed by atoms with E-state index in [-0.39, 0.29) is 40.7 Å². The highest BCUT2D eigenvalue weighted by Gasteiger charge is 2.32. The number of hydrogen-bond acceptors (Lipinski definition) is 5. The summed E-state index contributed by atoms with van der Waals surface area (Å²) in [6, 6.07) is 8.71. The maximum atomic E-state index is 14.2. The number of halogens is 2. The second kappa shape index (κ2) is 12.5. The number of anilines is 1. The van der Waals surface area contributed by atoms with Crippen molar-refractivity contribution in [2.24, 2.45) is 0 Å². The molecule has 0 radical (unpaired) electrons. The highest BCUT2D eigenvalue weighted by Crippen LogP contribution is 2.29. The standard InChI is InChI=1S/C30H33ClFN5O5S/c1-18(2)37-28(39)23(22-5-4-6-24(32)27(22)31)16-35(30(37)41)17-26(38)34-12-10-20(11-13-34)36-14-9-19-15-21(43(3)42)7-8-25(19)33-29(36)40/h4-8,15-16,18,20H,9-14,17H2,1-3H3,(H,33,40). The second-order valence-electron chi connectivity index (χ2n) is 11.1. The summed E-state index contributed by atoms with van der Waals surface area (Å²) in [5.74, 6) is -1.01. The van der Waals surface area contributed by atoms with Crippen LogP contribution in [-0.2, 0) is 28.6 Å². The highest BCUT2D eigenvalue weighted by molar-refractivity contribution is 7.84. The number of nitrogens with zero attached hydrogens (tertiary/aromatic N) is 4. The summed E-state index contributed by atoms with van der Waals surface area (Å²) in [4.78, 5) is 57.1. The molecule has 0 aliphatic carbocycles. The first kappa shape index (κ1) is 30.7. The average Bonchev–Trinajstić information content (AvgIpc) is 3.13. The van der Waals surface area contributed by atoms with E-state index in [1.807, 2.05) is 6.07 Å². The van der Waals surface area contributed by atoms with Crippen molar-refractivity contribution in [3.8, 4) is 11.1 Å². The van der Waals surface area contributed by atoms with Crippen molar-refractivity contribution in [3.63, 3.8) is 0 Å². The molecular weight excluding hydrogens is 597 g/mol. The first-order valence-corrected chi connectivity index (χ1v) is 16.0. The lowest BCUT2D eigenvalue weighted by molar-refractivity contribution is -0.133. The highest BCUT2D eigenvalue weighted by atomic mass is 35.5. The Labute approximate surface area is 255 Å². The van der Waals surface area contributed by atoms with E-state index in [1.54, 1.807) is 42.0 Å².